The molecule has 1 fully saturated rings. The zero-order valence-electron chi connectivity index (χ0n) is 11.4. The lowest BCUT2D eigenvalue weighted by atomic mass is 10.2. The van der Waals surface area contributed by atoms with Crippen LogP contribution in [0.25, 0.3) is 0 Å². The minimum absolute atomic E-state index is 0.0219. The fourth-order valence-electron chi connectivity index (χ4n) is 2.15. The molecule has 0 saturated heterocycles. The lowest BCUT2D eigenvalue weighted by molar-refractivity contribution is -0.123. The third-order valence-electron chi connectivity index (χ3n) is 2.98. The van der Waals surface area contributed by atoms with Crippen LogP contribution in [0.4, 0.5) is 0 Å². The van der Waals surface area contributed by atoms with Crippen LogP contribution in [0.2, 0.25) is 0 Å². The van der Waals surface area contributed by atoms with Gasteiger partial charge in [-0.05, 0) is 26.7 Å². The lowest BCUT2D eigenvalue weighted by Crippen LogP contribution is -2.40. The Kier molecular flexibility index (Phi) is 6.72. The van der Waals surface area contributed by atoms with Crippen molar-refractivity contribution in [3.63, 3.8) is 0 Å². The molecule has 0 aliphatic heterocycles. The van der Waals surface area contributed by atoms with Gasteiger partial charge in [0.15, 0.2) is 0 Å². The first-order chi connectivity index (χ1) is 8.58. The van der Waals surface area contributed by atoms with Crippen molar-refractivity contribution in [2.45, 2.75) is 58.0 Å². The minimum atomic E-state index is 0.0219. The molecule has 0 aromatic heterocycles. The fraction of sp³-hybridized carbons (Fsp3) is 0.846. The molecule has 1 saturated carbocycles. The maximum atomic E-state index is 11.5. The van der Waals surface area contributed by atoms with Gasteiger partial charge in [-0.15, -0.1) is 0 Å². The molecule has 5 heteroatoms. The van der Waals surface area contributed by atoms with Crippen LogP contribution in [0.15, 0.2) is 0 Å². The maximum absolute atomic E-state index is 11.5. The van der Waals surface area contributed by atoms with Crippen molar-refractivity contribution in [1.82, 2.24) is 16.0 Å². The van der Waals surface area contributed by atoms with Gasteiger partial charge in [0.2, 0.25) is 11.8 Å². The second-order valence-corrected chi connectivity index (χ2v) is 5.20. The Hall–Kier alpha value is -1.10. The van der Waals surface area contributed by atoms with E-state index < -0.39 is 0 Å². The van der Waals surface area contributed by atoms with Gasteiger partial charge in [-0.25, -0.2) is 0 Å². The standard InChI is InChI=1S/C13H25N3O2/c1-10(2)15-12(17)7-8-14-9-13(18)16-11-5-3-4-6-11/h10-11,14H,3-9H2,1-2H3,(H,15,17)(H,16,18). The summed E-state index contributed by atoms with van der Waals surface area (Å²) in [5, 5.41) is 8.80. The van der Waals surface area contributed by atoms with Gasteiger partial charge in [0.05, 0.1) is 6.54 Å². The van der Waals surface area contributed by atoms with Gasteiger partial charge in [-0.3, -0.25) is 9.59 Å². The van der Waals surface area contributed by atoms with E-state index in [0.717, 1.165) is 12.8 Å². The summed E-state index contributed by atoms with van der Waals surface area (Å²) in [5.74, 6) is 0.0554. The molecule has 0 unspecified atom stereocenters. The molecule has 0 bridgehead atoms. The van der Waals surface area contributed by atoms with Gasteiger partial charge < -0.3 is 16.0 Å². The third kappa shape index (κ3) is 6.59. The van der Waals surface area contributed by atoms with Crippen molar-refractivity contribution in [2.24, 2.45) is 0 Å². The maximum Gasteiger partial charge on any atom is 0.234 e. The van der Waals surface area contributed by atoms with Crippen LogP contribution in [0.3, 0.4) is 0 Å². The van der Waals surface area contributed by atoms with Crippen LogP contribution in [-0.4, -0.2) is 37.0 Å². The first-order valence-corrected chi connectivity index (χ1v) is 6.87. The Morgan fingerprint density at radius 1 is 1.17 bits per heavy atom. The van der Waals surface area contributed by atoms with E-state index in [0.29, 0.717) is 25.6 Å². The summed E-state index contributed by atoms with van der Waals surface area (Å²) in [6.45, 7) is 4.70. The van der Waals surface area contributed by atoms with Crippen LogP contribution in [0, 0.1) is 0 Å². The van der Waals surface area contributed by atoms with E-state index in [2.05, 4.69) is 16.0 Å². The van der Waals surface area contributed by atoms with Crippen LogP contribution < -0.4 is 16.0 Å². The van der Waals surface area contributed by atoms with E-state index in [1.54, 1.807) is 0 Å². The van der Waals surface area contributed by atoms with Crippen molar-refractivity contribution in [2.75, 3.05) is 13.1 Å². The molecule has 0 spiro atoms. The highest BCUT2D eigenvalue weighted by atomic mass is 16.2. The van der Waals surface area contributed by atoms with Gasteiger partial charge in [0.1, 0.15) is 0 Å². The zero-order chi connectivity index (χ0) is 13.4. The molecule has 0 aromatic rings. The predicted molar refractivity (Wildman–Crippen MR) is 71.2 cm³/mol. The summed E-state index contributed by atoms with van der Waals surface area (Å²) in [4.78, 5) is 22.9. The van der Waals surface area contributed by atoms with E-state index in [-0.39, 0.29) is 17.9 Å². The Labute approximate surface area is 109 Å². The summed E-state index contributed by atoms with van der Waals surface area (Å²) >= 11 is 0. The number of nitrogens with one attached hydrogen (secondary N) is 3. The number of carbonyl (C=O) groups excluding carboxylic acids is 2. The topological polar surface area (TPSA) is 70.2 Å². The number of amides is 2. The van der Waals surface area contributed by atoms with Crippen LogP contribution in [0.5, 0.6) is 0 Å². The highest BCUT2D eigenvalue weighted by Gasteiger charge is 2.16. The average molecular weight is 255 g/mol. The highest BCUT2D eigenvalue weighted by molar-refractivity contribution is 5.79. The normalized spacial score (nSPS) is 15.9. The van der Waals surface area contributed by atoms with Crippen molar-refractivity contribution >= 4 is 11.8 Å². The van der Waals surface area contributed by atoms with E-state index >= 15 is 0 Å². The largest absolute Gasteiger partial charge is 0.354 e. The summed E-state index contributed by atoms with van der Waals surface area (Å²) in [5.41, 5.74) is 0. The molecule has 0 aromatic carbocycles. The minimum Gasteiger partial charge on any atom is -0.354 e. The molecule has 0 atom stereocenters. The highest BCUT2D eigenvalue weighted by Crippen LogP contribution is 2.17. The molecular formula is C13H25N3O2. The third-order valence-corrected chi connectivity index (χ3v) is 2.98. The van der Waals surface area contributed by atoms with Gasteiger partial charge in [0, 0.05) is 25.0 Å². The number of carbonyl (C=O) groups is 2. The van der Waals surface area contributed by atoms with Crippen molar-refractivity contribution < 1.29 is 9.59 Å². The second-order valence-electron chi connectivity index (χ2n) is 5.20. The Morgan fingerprint density at radius 3 is 2.44 bits per heavy atom. The molecule has 1 aliphatic rings. The van der Waals surface area contributed by atoms with Crippen molar-refractivity contribution in [3.8, 4) is 0 Å². The molecule has 18 heavy (non-hydrogen) atoms. The molecule has 0 heterocycles. The van der Waals surface area contributed by atoms with Gasteiger partial charge in [-0.1, -0.05) is 12.8 Å². The summed E-state index contributed by atoms with van der Waals surface area (Å²) in [6, 6.07) is 0.534. The molecule has 5 nitrogen and oxygen atoms in total. The second kappa shape index (κ2) is 8.08. The lowest BCUT2D eigenvalue weighted by Gasteiger charge is -2.12. The summed E-state index contributed by atoms with van der Waals surface area (Å²) < 4.78 is 0. The molecule has 1 aliphatic carbocycles. The number of hydrogen-bond donors (Lipinski definition) is 3. The molecule has 0 radical (unpaired) electrons. The Morgan fingerprint density at radius 2 is 1.83 bits per heavy atom. The molecule has 104 valence electrons. The zero-order valence-corrected chi connectivity index (χ0v) is 11.4. The van der Waals surface area contributed by atoms with E-state index in [9.17, 15) is 9.59 Å². The van der Waals surface area contributed by atoms with Crippen molar-refractivity contribution in [1.29, 1.82) is 0 Å². The SMILES string of the molecule is CC(C)NC(=O)CCNCC(=O)NC1CCCC1. The Balaban J connectivity index is 1.99. The molecule has 3 N–H and O–H groups in total. The van der Waals surface area contributed by atoms with Gasteiger partial charge in [0.25, 0.3) is 0 Å². The fourth-order valence-corrected chi connectivity index (χ4v) is 2.15. The van der Waals surface area contributed by atoms with E-state index in [1.165, 1.54) is 12.8 Å². The van der Waals surface area contributed by atoms with E-state index in [4.69, 9.17) is 0 Å². The molecular weight excluding hydrogens is 230 g/mol. The monoisotopic (exact) mass is 255 g/mol. The van der Waals surface area contributed by atoms with Gasteiger partial charge >= 0.3 is 0 Å². The Bertz CT molecular complexity index is 273. The quantitative estimate of drug-likeness (QED) is 0.582. The number of rotatable bonds is 7. The van der Waals surface area contributed by atoms with E-state index in [1.807, 2.05) is 13.8 Å². The van der Waals surface area contributed by atoms with Crippen LogP contribution in [0.1, 0.15) is 46.0 Å². The van der Waals surface area contributed by atoms with Crippen LogP contribution >= 0.6 is 0 Å². The first-order valence-electron chi connectivity index (χ1n) is 6.87. The summed E-state index contributed by atoms with van der Waals surface area (Å²) in [6.07, 6.45) is 5.04. The first kappa shape index (κ1) is 15.0. The molecule has 2 amide bonds. The smallest absolute Gasteiger partial charge is 0.234 e. The predicted octanol–water partition coefficient (Wildman–Crippen LogP) is 0.550. The molecule has 1 rings (SSSR count). The van der Waals surface area contributed by atoms with Crippen molar-refractivity contribution in [3.05, 3.63) is 0 Å². The average Bonchev–Trinajstić information content (AvgIpc) is 2.76. The summed E-state index contributed by atoms with van der Waals surface area (Å²) in [7, 11) is 0. The number of hydrogen-bond acceptors (Lipinski definition) is 3. The van der Waals surface area contributed by atoms with Crippen LogP contribution in [-0.2, 0) is 9.59 Å². The van der Waals surface area contributed by atoms with Gasteiger partial charge in [-0.2, -0.15) is 0 Å².